The molecule has 0 aliphatic rings. The van der Waals surface area contributed by atoms with Crippen LogP contribution in [0.15, 0.2) is 28.7 Å². The van der Waals surface area contributed by atoms with Crippen LogP contribution in [0.1, 0.15) is 22.0 Å². The summed E-state index contributed by atoms with van der Waals surface area (Å²) < 4.78 is 10.1. The highest BCUT2D eigenvalue weighted by atomic mass is 28.3. The largest absolute Gasteiger partial charge is 0.463 e. The molecule has 4 nitrogen and oxygen atoms in total. The van der Waals surface area contributed by atoms with Crippen molar-refractivity contribution in [3.63, 3.8) is 0 Å². The van der Waals surface area contributed by atoms with Crippen molar-refractivity contribution < 1.29 is 13.9 Å². The number of nitrogens with zero attached hydrogens (tertiary/aromatic N) is 1. The standard InChI is InChI=1S/C17H19NO3Si/c1-12-18-15(16(21-12)17(19)20-2)14-8-6-13(7-9-14)10-11-22(3,4)5/h6-9H,1-5H3. The molecule has 0 atom stereocenters. The molecular weight excluding hydrogens is 294 g/mol. The SMILES string of the molecule is COC(=O)c1oc(C)nc1-c1ccc(C#C[Si](C)(C)C)cc1. The van der Waals surface area contributed by atoms with Crippen LogP contribution in [0.3, 0.4) is 0 Å². The molecule has 2 aromatic rings. The van der Waals surface area contributed by atoms with Gasteiger partial charge in [0, 0.05) is 18.1 Å². The monoisotopic (exact) mass is 313 g/mol. The summed E-state index contributed by atoms with van der Waals surface area (Å²) in [6.07, 6.45) is 0. The van der Waals surface area contributed by atoms with Crippen LogP contribution in [0.5, 0.6) is 0 Å². The molecule has 0 spiro atoms. The number of hydrogen-bond donors (Lipinski definition) is 0. The second-order valence-electron chi connectivity index (χ2n) is 5.98. The van der Waals surface area contributed by atoms with Gasteiger partial charge < -0.3 is 9.15 Å². The number of aromatic nitrogens is 1. The van der Waals surface area contributed by atoms with E-state index in [4.69, 9.17) is 9.15 Å². The lowest BCUT2D eigenvalue weighted by atomic mass is 10.1. The van der Waals surface area contributed by atoms with E-state index in [-0.39, 0.29) is 5.76 Å². The summed E-state index contributed by atoms with van der Waals surface area (Å²) in [7, 11) is -0.0741. The van der Waals surface area contributed by atoms with E-state index in [9.17, 15) is 4.79 Å². The summed E-state index contributed by atoms with van der Waals surface area (Å²) >= 11 is 0. The lowest BCUT2D eigenvalue weighted by molar-refractivity contribution is 0.0565. The Kier molecular flexibility index (Phi) is 4.53. The first-order chi connectivity index (χ1) is 10.3. The van der Waals surface area contributed by atoms with E-state index >= 15 is 0 Å². The fourth-order valence-corrected chi connectivity index (χ4v) is 2.34. The number of esters is 1. The molecule has 0 bridgehead atoms. The molecule has 0 saturated heterocycles. The molecule has 0 fully saturated rings. The first-order valence-corrected chi connectivity index (χ1v) is 10.5. The first-order valence-electron chi connectivity index (χ1n) is 6.99. The van der Waals surface area contributed by atoms with Crippen LogP contribution < -0.4 is 0 Å². The van der Waals surface area contributed by atoms with Crippen LogP contribution in [0, 0.1) is 18.4 Å². The molecule has 0 radical (unpaired) electrons. The first kappa shape index (κ1) is 16.1. The van der Waals surface area contributed by atoms with Crippen molar-refractivity contribution in [1.29, 1.82) is 0 Å². The van der Waals surface area contributed by atoms with Crippen LogP contribution in [-0.2, 0) is 4.74 Å². The number of aryl methyl sites for hydroxylation is 1. The predicted octanol–water partition coefficient (Wildman–Crippen LogP) is 3.67. The molecule has 1 aromatic carbocycles. The molecular formula is C17H19NO3Si. The number of rotatable bonds is 2. The average molecular weight is 313 g/mol. The van der Waals surface area contributed by atoms with Crippen LogP contribution in [0.2, 0.25) is 19.6 Å². The Bertz CT molecular complexity index is 743. The highest BCUT2D eigenvalue weighted by Gasteiger charge is 2.20. The minimum atomic E-state index is -1.39. The number of methoxy groups -OCH3 is 1. The van der Waals surface area contributed by atoms with Gasteiger partial charge in [-0.2, -0.15) is 0 Å². The fraction of sp³-hybridized carbons (Fsp3) is 0.294. The van der Waals surface area contributed by atoms with Crippen molar-refractivity contribution in [2.24, 2.45) is 0 Å². The van der Waals surface area contributed by atoms with E-state index in [1.54, 1.807) is 6.92 Å². The highest BCUT2D eigenvalue weighted by molar-refractivity contribution is 6.83. The molecule has 1 aromatic heterocycles. The summed E-state index contributed by atoms with van der Waals surface area (Å²) in [5.41, 5.74) is 5.57. The lowest BCUT2D eigenvalue weighted by Gasteiger charge is -2.03. The molecule has 0 saturated carbocycles. The van der Waals surface area contributed by atoms with Crippen LogP contribution in [-0.4, -0.2) is 26.1 Å². The number of benzene rings is 1. The summed E-state index contributed by atoms with van der Waals surface area (Å²) in [6, 6.07) is 7.62. The third-order valence-electron chi connectivity index (χ3n) is 2.85. The zero-order valence-corrected chi connectivity index (χ0v) is 14.5. The Hall–Kier alpha value is -2.32. The van der Waals surface area contributed by atoms with Gasteiger partial charge in [-0.3, -0.25) is 0 Å². The van der Waals surface area contributed by atoms with Gasteiger partial charge in [0.15, 0.2) is 5.89 Å². The number of carbonyl (C=O) groups excluding carboxylic acids is 1. The topological polar surface area (TPSA) is 52.3 Å². The number of ether oxygens (including phenoxy) is 1. The van der Waals surface area contributed by atoms with Crippen LogP contribution >= 0.6 is 0 Å². The Labute approximate surface area is 131 Å². The van der Waals surface area contributed by atoms with Crippen LogP contribution in [0.4, 0.5) is 0 Å². The number of hydrogen-bond acceptors (Lipinski definition) is 4. The maximum Gasteiger partial charge on any atom is 0.376 e. The van der Waals surface area contributed by atoms with Crippen molar-refractivity contribution in [1.82, 2.24) is 4.98 Å². The van der Waals surface area contributed by atoms with Gasteiger partial charge >= 0.3 is 5.97 Å². The molecule has 22 heavy (non-hydrogen) atoms. The van der Waals surface area contributed by atoms with E-state index in [0.29, 0.717) is 11.6 Å². The molecule has 2 rings (SSSR count). The van der Waals surface area contributed by atoms with Crippen molar-refractivity contribution in [3.05, 3.63) is 41.5 Å². The lowest BCUT2D eigenvalue weighted by Crippen LogP contribution is -2.16. The zero-order chi connectivity index (χ0) is 16.3. The Balaban J connectivity index is 2.35. The third-order valence-corrected chi connectivity index (χ3v) is 3.72. The van der Waals surface area contributed by atoms with Gasteiger partial charge in [0.25, 0.3) is 0 Å². The normalized spacial score (nSPS) is 10.8. The van der Waals surface area contributed by atoms with Gasteiger partial charge in [0.1, 0.15) is 13.8 Å². The molecule has 1 heterocycles. The van der Waals surface area contributed by atoms with E-state index < -0.39 is 14.0 Å². The van der Waals surface area contributed by atoms with Gasteiger partial charge in [0.2, 0.25) is 5.76 Å². The third kappa shape index (κ3) is 3.86. The Morgan fingerprint density at radius 2 is 1.86 bits per heavy atom. The Morgan fingerprint density at radius 1 is 1.23 bits per heavy atom. The second kappa shape index (κ2) is 6.20. The zero-order valence-electron chi connectivity index (χ0n) is 13.5. The summed E-state index contributed by atoms with van der Waals surface area (Å²) in [4.78, 5) is 16.0. The average Bonchev–Trinajstić information content (AvgIpc) is 2.86. The second-order valence-corrected chi connectivity index (χ2v) is 10.7. The van der Waals surface area contributed by atoms with Crippen molar-refractivity contribution in [3.8, 4) is 22.7 Å². The van der Waals surface area contributed by atoms with Gasteiger partial charge in [0.05, 0.1) is 7.11 Å². The van der Waals surface area contributed by atoms with Gasteiger partial charge in [-0.1, -0.05) is 37.7 Å². The number of oxazole rings is 1. The summed E-state index contributed by atoms with van der Waals surface area (Å²) in [5.74, 6) is 3.22. The van der Waals surface area contributed by atoms with E-state index in [1.165, 1.54) is 7.11 Å². The van der Waals surface area contributed by atoms with Gasteiger partial charge in [-0.25, -0.2) is 9.78 Å². The van der Waals surface area contributed by atoms with Gasteiger partial charge in [-0.15, -0.1) is 5.54 Å². The predicted molar refractivity (Wildman–Crippen MR) is 88.2 cm³/mol. The molecule has 5 heteroatoms. The van der Waals surface area contributed by atoms with Gasteiger partial charge in [-0.05, 0) is 12.1 Å². The molecule has 0 amide bonds. The van der Waals surface area contributed by atoms with Crippen LogP contribution in [0.25, 0.3) is 11.3 Å². The summed E-state index contributed by atoms with van der Waals surface area (Å²) in [5, 5.41) is 0. The van der Waals surface area contributed by atoms with Crippen molar-refractivity contribution in [2.45, 2.75) is 26.6 Å². The summed E-state index contributed by atoms with van der Waals surface area (Å²) in [6.45, 7) is 8.31. The molecule has 0 aliphatic heterocycles. The molecule has 0 aliphatic carbocycles. The minimum absolute atomic E-state index is 0.126. The highest BCUT2D eigenvalue weighted by Crippen LogP contribution is 2.24. The van der Waals surface area contributed by atoms with E-state index in [2.05, 4.69) is 36.1 Å². The smallest absolute Gasteiger partial charge is 0.376 e. The van der Waals surface area contributed by atoms with Crippen molar-refractivity contribution in [2.75, 3.05) is 7.11 Å². The maximum atomic E-state index is 11.7. The molecule has 114 valence electrons. The van der Waals surface area contributed by atoms with E-state index in [1.807, 2.05) is 24.3 Å². The quantitative estimate of drug-likeness (QED) is 0.482. The maximum absolute atomic E-state index is 11.7. The van der Waals surface area contributed by atoms with Crippen molar-refractivity contribution >= 4 is 14.0 Å². The number of carbonyl (C=O) groups is 1. The van der Waals surface area contributed by atoms with E-state index in [0.717, 1.165) is 11.1 Å². The molecule has 0 unspecified atom stereocenters. The fourth-order valence-electron chi connectivity index (χ4n) is 1.82. The Morgan fingerprint density at radius 3 is 2.41 bits per heavy atom. The minimum Gasteiger partial charge on any atom is -0.463 e. The molecule has 0 N–H and O–H groups in total.